The molecule has 2 aromatic rings. The molecule has 0 radical (unpaired) electrons. The molecule has 0 aromatic heterocycles. The minimum atomic E-state index is 0.204. The smallest absolute Gasteiger partial charge is 0.158 e. The topological polar surface area (TPSA) is 29.1 Å². The second-order valence-electron chi connectivity index (χ2n) is 7.01. The molecular weight excluding hydrogens is 294 g/mol. The van der Waals surface area contributed by atoms with Crippen molar-refractivity contribution in [2.45, 2.75) is 45.4 Å². The summed E-state index contributed by atoms with van der Waals surface area (Å²) in [5.41, 5.74) is 5.88. The summed E-state index contributed by atoms with van der Waals surface area (Å²) in [6.45, 7) is 6.50. The molecule has 2 nitrogen and oxygen atoms in total. The summed E-state index contributed by atoms with van der Waals surface area (Å²) in [6.07, 6.45) is 3.25. The number of carbonyl (C=O) groups excluding carboxylic acids is 1. The van der Waals surface area contributed by atoms with Crippen molar-refractivity contribution in [3.63, 3.8) is 0 Å². The van der Waals surface area contributed by atoms with Crippen molar-refractivity contribution in [2.24, 2.45) is 0 Å². The number of anilines is 1. The number of allylic oxidation sites excluding steroid dienone is 2. The molecule has 124 valence electrons. The molecule has 0 unspecified atom stereocenters. The Hall–Kier alpha value is -2.35. The van der Waals surface area contributed by atoms with Crippen LogP contribution >= 0.6 is 0 Å². The second-order valence-corrected chi connectivity index (χ2v) is 7.01. The Labute approximate surface area is 144 Å². The van der Waals surface area contributed by atoms with Gasteiger partial charge in [0.1, 0.15) is 0 Å². The maximum absolute atomic E-state index is 12.2. The molecule has 0 amide bonds. The lowest BCUT2D eigenvalue weighted by atomic mass is 9.85. The molecule has 0 aliphatic heterocycles. The van der Waals surface area contributed by atoms with E-state index >= 15 is 0 Å². The fourth-order valence-corrected chi connectivity index (χ4v) is 3.25. The summed E-state index contributed by atoms with van der Waals surface area (Å²) in [5, 5.41) is 3.51. The van der Waals surface area contributed by atoms with Crippen LogP contribution in [0.1, 0.15) is 55.2 Å². The van der Waals surface area contributed by atoms with Crippen LogP contribution in [0, 0.1) is 6.92 Å². The Kier molecular flexibility index (Phi) is 4.84. The summed E-state index contributed by atoms with van der Waals surface area (Å²) in [4.78, 5) is 12.2. The van der Waals surface area contributed by atoms with Crippen LogP contribution in [0.3, 0.4) is 0 Å². The highest BCUT2D eigenvalue weighted by molar-refractivity contribution is 5.92. The Balaban J connectivity index is 1.82. The van der Waals surface area contributed by atoms with Crippen molar-refractivity contribution in [1.82, 2.24) is 0 Å². The molecule has 0 bridgehead atoms. The zero-order valence-electron chi connectivity index (χ0n) is 14.7. The Bertz CT molecular complexity index is 759. The fraction of sp³-hybridized carbons (Fsp3) is 0.318. The lowest BCUT2D eigenvalue weighted by Gasteiger charge is -2.24. The molecule has 1 aliphatic rings. The molecule has 24 heavy (non-hydrogen) atoms. The molecule has 0 saturated heterocycles. The average Bonchev–Trinajstić information content (AvgIpc) is 2.57. The van der Waals surface area contributed by atoms with Crippen molar-refractivity contribution in [1.29, 1.82) is 0 Å². The predicted octanol–water partition coefficient (Wildman–Crippen LogP) is 5.56. The molecule has 2 heteroatoms. The third kappa shape index (κ3) is 3.76. The van der Waals surface area contributed by atoms with E-state index in [1.807, 2.05) is 18.2 Å². The van der Waals surface area contributed by atoms with E-state index in [0.717, 1.165) is 17.8 Å². The number of rotatable bonds is 4. The number of hydrogen-bond acceptors (Lipinski definition) is 2. The normalized spacial score (nSPS) is 17.8. The van der Waals surface area contributed by atoms with Gasteiger partial charge in [0.2, 0.25) is 0 Å². The maximum Gasteiger partial charge on any atom is 0.158 e. The van der Waals surface area contributed by atoms with Gasteiger partial charge in [-0.3, -0.25) is 4.79 Å². The van der Waals surface area contributed by atoms with Crippen molar-refractivity contribution in [3.05, 3.63) is 77.0 Å². The van der Waals surface area contributed by atoms with Gasteiger partial charge in [0.25, 0.3) is 0 Å². The largest absolute Gasteiger partial charge is 0.359 e. The Morgan fingerprint density at radius 2 is 1.79 bits per heavy atom. The van der Waals surface area contributed by atoms with Crippen LogP contribution in [0.4, 0.5) is 5.69 Å². The van der Waals surface area contributed by atoms with E-state index in [1.54, 1.807) is 6.08 Å². The molecular formula is C22H25NO. The quantitative estimate of drug-likeness (QED) is 0.799. The van der Waals surface area contributed by atoms with Crippen LogP contribution in [0.2, 0.25) is 0 Å². The molecule has 0 saturated carbocycles. The molecule has 0 heterocycles. The van der Waals surface area contributed by atoms with Crippen molar-refractivity contribution < 1.29 is 4.79 Å². The maximum atomic E-state index is 12.2. The first-order chi connectivity index (χ1) is 11.5. The van der Waals surface area contributed by atoms with E-state index in [0.29, 0.717) is 12.3 Å². The van der Waals surface area contributed by atoms with Crippen LogP contribution in [-0.2, 0) is 4.79 Å². The van der Waals surface area contributed by atoms with E-state index in [9.17, 15) is 4.79 Å². The SMILES string of the molecule is Cc1ccc(C(C)C)cc1NC1=CC(=O)C[C@H](c2ccccc2)C1. The highest BCUT2D eigenvalue weighted by atomic mass is 16.1. The first kappa shape index (κ1) is 16.5. The van der Waals surface area contributed by atoms with E-state index in [1.165, 1.54) is 16.7 Å². The highest BCUT2D eigenvalue weighted by Crippen LogP contribution is 2.33. The lowest BCUT2D eigenvalue weighted by Crippen LogP contribution is -2.17. The molecule has 0 spiro atoms. The van der Waals surface area contributed by atoms with E-state index < -0.39 is 0 Å². The van der Waals surface area contributed by atoms with Gasteiger partial charge < -0.3 is 5.32 Å². The first-order valence-electron chi connectivity index (χ1n) is 8.69. The second kappa shape index (κ2) is 7.04. The monoisotopic (exact) mass is 319 g/mol. The molecule has 3 rings (SSSR count). The van der Waals surface area contributed by atoms with Gasteiger partial charge in [-0.2, -0.15) is 0 Å². The summed E-state index contributed by atoms with van der Waals surface area (Å²) in [5.74, 6) is 0.959. The van der Waals surface area contributed by atoms with Crippen molar-refractivity contribution in [3.8, 4) is 0 Å². The third-order valence-corrected chi connectivity index (χ3v) is 4.74. The number of nitrogens with one attached hydrogen (secondary N) is 1. The van der Waals surface area contributed by atoms with Crippen molar-refractivity contribution in [2.75, 3.05) is 5.32 Å². The van der Waals surface area contributed by atoms with E-state index in [-0.39, 0.29) is 11.7 Å². The van der Waals surface area contributed by atoms with E-state index in [2.05, 4.69) is 56.4 Å². The Morgan fingerprint density at radius 3 is 2.50 bits per heavy atom. The van der Waals surface area contributed by atoms with E-state index in [4.69, 9.17) is 0 Å². The standard InChI is InChI=1S/C22H25NO/c1-15(2)18-10-9-16(3)22(13-18)23-20-11-19(12-21(24)14-20)17-7-5-4-6-8-17/h4-10,13-15,19,23H,11-12H2,1-3H3/t19-/m1/s1. The third-order valence-electron chi connectivity index (χ3n) is 4.74. The van der Waals surface area contributed by atoms with Gasteiger partial charge in [-0.25, -0.2) is 0 Å². The molecule has 0 fully saturated rings. The first-order valence-corrected chi connectivity index (χ1v) is 8.69. The summed E-state index contributed by atoms with van der Waals surface area (Å²) in [6, 6.07) is 16.9. The van der Waals surface area contributed by atoms with Gasteiger partial charge in [0.15, 0.2) is 5.78 Å². The fourth-order valence-electron chi connectivity index (χ4n) is 3.25. The van der Waals surface area contributed by atoms with Gasteiger partial charge in [0.05, 0.1) is 0 Å². The number of aryl methyl sites for hydroxylation is 1. The zero-order valence-corrected chi connectivity index (χ0v) is 14.7. The van der Waals surface area contributed by atoms with Gasteiger partial charge in [0, 0.05) is 23.9 Å². The Morgan fingerprint density at radius 1 is 1.04 bits per heavy atom. The average molecular weight is 319 g/mol. The number of carbonyl (C=O) groups is 1. The van der Waals surface area contributed by atoms with Crippen molar-refractivity contribution >= 4 is 11.5 Å². The molecule has 1 atom stereocenters. The highest BCUT2D eigenvalue weighted by Gasteiger charge is 2.22. The van der Waals surface area contributed by atoms with Gasteiger partial charge >= 0.3 is 0 Å². The summed E-state index contributed by atoms with van der Waals surface area (Å²) < 4.78 is 0. The van der Waals surface area contributed by atoms with Gasteiger partial charge in [-0.15, -0.1) is 0 Å². The van der Waals surface area contributed by atoms with Gasteiger partial charge in [-0.1, -0.05) is 56.3 Å². The molecule has 1 aliphatic carbocycles. The van der Waals surface area contributed by atoms with Gasteiger partial charge in [-0.05, 0) is 47.9 Å². The molecule has 1 N–H and O–H groups in total. The minimum Gasteiger partial charge on any atom is -0.359 e. The minimum absolute atomic E-state index is 0.204. The number of hydrogen-bond donors (Lipinski definition) is 1. The molecule has 2 aromatic carbocycles. The lowest BCUT2D eigenvalue weighted by molar-refractivity contribution is -0.115. The number of ketones is 1. The summed E-state index contributed by atoms with van der Waals surface area (Å²) in [7, 11) is 0. The van der Waals surface area contributed by atoms with Crippen LogP contribution < -0.4 is 5.32 Å². The van der Waals surface area contributed by atoms with Crippen LogP contribution in [0.25, 0.3) is 0 Å². The van der Waals surface area contributed by atoms with Crippen LogP contribution in [0.15, 0.2) is 60.3 Å². The number of benzene rings is 2. The zero-order chi connectivity index (χ0) is 17.1. The van der Waals surface area contributed by atoms with Crippen LogP contribution in [-0.4, -0.2) is 5.78 Å². The van der Waals surface area contributed by atoms with Crippen LogP contribution in [0.5, 0.6) is 0 Å². The predicted molar refractivity (Wildman–Crippen MR) is 100 cm³/mol. The summed E-state index contributed by atoms with van der Waals surface area (Å²) >= 11 is 0.